The Kier molecular flexibility index (Phi) is 7.22. The average molecular weight is 268 g/mol. The van der Waals surface area contributed by atoms with Crippen LogP contribution in [0.25, 0.3) is 0 Å². The van der Waals surface area contributed by atoms with Crippen LogP contribution in [0.2, 0.25) is 0 Å². The number of halogens is 3. The van der Waals surface area contributed by atoms with Crippen LogP contribution in [0.5, 0.6) is 0 Å². The number of nitrogens with zero attached hydrogens (tertiary/aromatic N) is 1. The van der Waals surface area contributed by atoms with Crippen molar-refractivity contribution in [3.63, 3.8) is 0 Å². The molecule has 0 heterocycles. The Morgan fingerprint density at radius 3 is 1.83 bits per heavy atom. The maximum absolute atomic E-state index is 12.6. The third-order valence-electron chi connectivity index (χ3n) is 3.70. The minimum atomic E-state index is -4.13. The highest BCUT2D eigenvalue weighted by molar-refractivity contribution is 4.84. The molecule has 0 unspecified atom stereocenters. The summed E-state index contributed by atoms with van der Waals surface area (Å²) in [4.78, 5) is 1.53. The van der Waals surface area contributed by atoms with Crippen LogP contribution in [0.4, 0.5) is 13.2 Å². The fourth-order valence-corrected chi connectivity index (χ4v) is 2.24. The molecule has 0 aromatic heterocycles. The van der Waals surface area contributed by atoms with E-state index in [1.54, 1.807) is 0 Å². The van der Waals surface area contributed by atoms with Crippen molar-refractivity contribution in [2.45, 2.75) is 52.8 Å². The van der Waals surface area contributed by atoms with Gasteiger partial charge in [-0.25, -0.2) is 0 Å². The molecule has 0 amide bonds. The molecule has 5 heteroatoms. The van der Waals surface area contributed by atoms with Crippen LogP contribution in [-0.2, 0) is 0 Å². The molecule has 0 saturated heterocycles. The summed E-state index contributed by atoms with van der Waals surface area (Å²) in [5.41, 5.74) is -0.0791. The summed E-state index contributed by atoms with van der Waals surface area (Å²) in [6.07, 6.45) is -2.37. The van der Waals surface area contributed by atoms with Gasteiger partial charge in [0.2, 0.25) is 0 Å². The van der Waals surface area contributed by atoms with E-state index in [-0.39, 0.29) is 11.5 Å². The maximum Gasteiger partial charge on any atom is 0.401 e. The van der Waals surface area contributed by atoms with Gasteiger partial charge < -0.3 is 5.32 Å². The first kappa shape index (κ1) is 17.7. The van der Waals surface area contributed by atoms with Gasteiger partial charge in [0.15, 0.2) is 0 Å². The zero-order valence-electron chi connectivity index (χ0n) is 12.2. The van der Waals surface area contributed by atoms with Gasteiger partial charge in [-0.2, -0.15) is 13.2 Å². The highest BCUT2D eigenvalue weighted by Gasteiger charge is 2.36. The predicted octanol–water partition coefficient (Wildman–Crippen LogP) is 3.28. The SMILES string of the molecule is CCC(CC)(CNC)CN(CC(F)(F)F)C(C)C. The van der Waals surface area contributed by atoms with E-state index in [2.05, 4.69) is 5.32 Å². The van der Waals surface area contributed by atoms with Crippen molar-refractivity contribution in [2.75, 3.05) is 26.7 Å². The van der Waals surface area contributed by atoms with E-state index in [4.69, 9.17) is 0 Å². The largest absolute Gasteiger partial charge is 0.401 e. The Bertz CT molecular complexity index is 223. The van der Waals surface area contributed by atoms with E-state index in [0.717, 1.165) is 19.4 Å². The molecule has 110 valence electrons. The zero-order chi connectivity index (χ0) is 14.4. The smallest absolute Gasteiger partial charge is 0.319 e. The Morgan fingerprint density at radius 2 is 1.56 bits per heavy atom. The van der Waals surface area contributed by atoms with Gasteiger partial charge in [0.1, 0.15) is 0 Å². The van der Waals surface area contributed by atoms with Gasteiger partial charge >= 0.3 is 6.18 Å². The number of rotatable bonds is 8. The highest BCUT2D eigenvalue weighted by Crippen LogP contribution is 2.29. The molecule has 0 atom stereocenters. The summed E-state index contributed by atoms with van der Waals surface area (Å²) >= 11 is 0. The fraction of sp³-hybridized carbons (Fsp3) is 1.00. The lowest BCUT2D eigenvalue weighted by Crippen LogP contribution is -2.48. The average Bonchev–Trinajstić information content (AvgIpc) is 2.25. The minimum absolute atomic E-state index is 0.0791. The van der Waals surface area contributed by atoms with Crippen molar-refractivity contribution < 1.29 is 13.2 Å². The van der Waals surface area contributed by atoms with Gasteiger partial charge in [-0.1, -0.05) is 13.8 Å². The predicted molar refractivity (Wildman–Crippen MR) is 69.7 cm³/mol. The van der Waals surface area contributed by atoms with Crippen molar-refractivity contribution in [1.29, 1.82) is 0 Å². The lowest BCUT2D eigenvalue weighted by Gasteiger charge is -2.39. The molecule has 0 saturated carbocycles. The van der Waals surface area contributed by atoms with E-state index in [9.17, 15) is 13.2 Å². The van der Waals surface area contributed by atoms with Crippen LogP contribution in [0.15, 0.2) is 0 Å². The molecule has 0 aliphatic carbocycles. The van der Waals surface area contributed by atoms with Crippen molar-refractivity contribution in [3.05, 3.63) is 0 Å². The van der Waals surface area contributed by atoms with E-state index in [1.807, 2.05) is 34.7 Å². The topological polar surface area (TPSA) is 15.3 Å². The third kappa shape index (κ3) is 6.05. The van der Waals surface area contributed by atoms with Crippen LogP contribution in [0.1, 0.15) is 40.5 Å². The van der Waals surface area contributed by atoms with Crippen molar-refractivity contribution in [1.82, 2.24) is 10.2 Å². The van der Waals surface area contributed by atoms with E-state index >= 15 is 0 Å². The van der Waals surface area contributed by atoms with E-state index < -0.39 is 12.7 Å². The van der Waals surface area contributed by atoms with E-state index in [1.165, 1.54) is 4.90 Å². The summed E-state index contributed by atoms with van der Waals surface area (Å²) in [6, 6.07) is -0.0963. The molecular weight excluding hydrogens is 241 g/mol. The Labute approximate surface area is 109 Å². The van der Waals surface area contributed by atoms with Crippen LogP contribution < -0.4 is 5.32 Å². The maximum atomic E-state index is 12.6. The third-order valence-corrected chi connectivity index (χ3v) is 3.70. The van der Waals surface area contributed by atoms with Crippen molar-refractivity contribution in [2.24, 2.45) is 5.41 Å². The Balaban J connectivity index is 4.81. The molecule has 0 spiro atoms. The first-order chi connectivity index (χ1) is 8.19. The second kappa shape index (κ2) is 7.34. The second-order valence-corrected chi connectivity index (χ2v) is 5.35. The van der Waals surface area contributed by atoms with Crippen molar-refractivity contribution in [3.8, 4) is 0 Å². The molecule has 0 aliphatic heterocycles. The Morgan fingerprint density at radius 1 is 1.06 bits per heavy atom. The molecule has 1 N–H and O–H groups in total. The zero-order valence-corrected chi connectivity index (χ0v) is 12.2. The molecule has 0 aromatic carbocycles. The summed E-state index contributed by atoms with van der Waals surface area (Å²) in [7, 11) is 1.85. The van der Waals surface area contributed by atoms with Gasteiger partial charge in [-0.05, 0) is 39.2 Å². The summed E-state index contributed by atoms with van der Waals surface area (Å²) in [6.45, 7) is 8.15. The van der Waals surface area contributed by atoms with Gasteiger partial charge in [0, 0.05) is 19.1 Å². The highest BCUT2D eigenvalue weighted by atomic mass is 19.4. The van der Waals surface area contributed by atoms with Crippen LogP contribution >= 0.6 is 0 Å². The van der Waals surface area contributed by atoms with Gasteiger partial charge in [0.25, 0.3) is 0 Å². The van der Waals surface area contributed by atoms with Gasteiger partial charge in [-0.15, -0.1) is 0 Å². The lowest BCUT2D eigenvalue weighted by atomic mass is 9.81. The fourth-order valence-electron chi connectivity index (χ4n) is 2.24. The number of hydrogen-bond donors (Lipinski definition) is 1. The van der Waals surface area contributed by atoms with Crippen LogP contribution in [0.3, 0.4) is 0 Å². The summed E-state index contributed by atoms with van der Waals surface area (Å²) in [5.74, 6) is 0. The number of alkyl halides is 3. The molecular formula is C13H27F3N2. The van der Waals surface area contributed by atoms with Crippen LogP contribution in [-0.4, -0.2) is 43.8 Å². The first-order valence-corrected chi connectivity index (χ1v) is 6.65. The summed E-state index contributed by atoms with van der Waals surface area (Å²) < 4.78 is 37.7. The molecule has 0 fully saturated rings. The number of nitrogens with one attached hydrogen (secondary N) is 1. The molecule has 18 heavy (non-hydrogen) atoms. The normalized spacial score (nSPS) is 13.7. The molecule has 0 aliphatic rings. The molecule has 0 radical (unpaired) electrons. The molecule has 0 aromatic rings. The molecule has 0 rings (SSSR count). The van der Waals surface area contributed by atoms with Gasteiger partial charge in [-0.3, -0.25) is 4.90 Å². The van der Waals surface area contributed by atoms with E-state index in [0.29, 0.717) is 6.54 Å². The lowest BCUT2D eigenvalue weighted by molar-refractivity contribution is -0.153. The second-order valence-electron chi connectivity index (χ2n) is 5.35. The molecule has 0 bridgehead atoms. The first-order valence-electron chi connectivity index (χ1n) is 6.65. The minimum Gasteiger partial charge on any atom is -0.319 e. The molecule has 2 nitrogen and oxygen atoms in total. The number of hydrogen-bond acceptors (Lipinski definition) is 2. The van der Waals surface area contributed by atoms with Crippen molar-refractivity contribution >= 4 is 0 Å². The Hall–Kier alpha value is -0.290. The monoisotopic (exact) mass is 268 g/mol. The standard InChI is InChI=1S/C13H27F3N2/c1-6-12(7-2,8-17-5)9-18(11(3)4)10-13(14,15)16/h11,17H,6-10H2,1-5H3. The van der Waals surface area contributed by atoms with Gasteiger partial charge in [0.05, 0.1) is 6.54 Å². The quantitative estimate of drug-likeness (QED) is 0.726. The summed E-state index contributed by atoms with van der Waals surface area (Å²) in [5, 5.41) is 3.11. The van der Waals surface area contributed by atoms with Crippen LogP contribution in [0, 0.1) is 5.41 Å².